The van der Waals surface area contributed by atoms with E-state index in [1.165, 1.54) is 7.11 Å². The molecule has 0 aromatic heterocycles. The topological polar surface area (TPSA) is 44.5 Å². The van der Waals surface area contributed by atoms with E-state index in [0.717, 1.165) is 23.8 Å². The minimum absolute atomic E-state index is 0.111. The number of rotatable bonds is 5. The van der Waals surface area contributed by atoms with Gasteiger partial charge in [-0.25, -0.2) is 8.78 Å². The van der Waals surface area contributed by atoms with Crippen molar-refractivity contribution in [3.8, 4) is 11.5 Å². The summed E-state index contributed by atoms with van der Waals surface area (Å²) in [7, 11) is 1.50. The van der Waals surface area contributed by atoms with Crippen molar-refractivity contribution >= 4 is 15.9 Å². The van der Waals surface area contributed by atoms with Gasteiger partial charge in [0, 0.05) is 12.1 Å². The molecule has 0 heterocycles. The van der Waals surface area contributed by atoms with E-state index >= 15 is 0 Å². The first-order chi connectivity index (χ1) is 10.0. The molecule has 21 heavy (non-hydrogen) atoms. The minimum Gasteiger partial charge on any atom is -0.493 e. The van der Waals surface area contributed by atoms with E-state index in [-0.39, 0.29) is 12.2 Å². The van der Waals surface area contributed by atoms with Crippen LogP contribution in [-0.4, -0.2) is 7.11 Å². The molecule has 0 saturated heterocycles. The van der Waals surface area contributed by atoms with Crippen molar-refractivity contribution in [2.24, 2.45) is 5.73 Å². The fourth-order valence-electron chi connectivity index (χ4n) is 1.84. The van der Waals surface area contributed by atoms with Crippen LogP contribution in [0.2, 0.25) is 0 Å². The molecule has 0 aliphatic rings. The van der Waals surface area contributed by atoms with Gasteiger partial charge in [0.15, 0.2) is 11.5 Å². The number of benzene rings is 2. The average Bonchev–Trinajstić information content (AvgIpc) is 2.48. The molecular weight excluding hydrogens is 344 g/mol. The Hall–Kier alpha value is -1.66. The van der Waals surface area contributed by atoms with Gasteiger partial charge in [-0.2, -0.15) is 0 Å². The SMILES string of the molecule is COc1cc(CN)cc(Br)c1OCc1cc(F)ccc1F. The molecule has 0 unspecified atom stereocenters. The molecule has 112 valence electrons. The van der Waals surface area contributed by atoms with Gasteiger partial charge in [-0.05, 0) is 51.8 Å². The molecule has 2 aromatic carbocycles. The normalized spacial score (nSPS) is 10.5. The van der Waals surface area contributed by atoms with E-state index in [1.807, 2.05) is 0 Å². The van der Waals surface area contributed by atoms with E-state index in [1.54, 1.807) is 12.1 Å². The highest BCUT2D eigenvalue weighted by molar-refractivity contribution is 9.10. The predicted octanol–water partition coefficient (Wildman–Crippen LogP) is 3.77. The molecule has 0 radical (unpaired) electrons. The molecular formula is C15H14BrF2NO2. The summed E-state index contributed by atoms with van der Waals surface area (Å²) >= 11 is 3.36. The molecule has 0 bridgehead atoms. The van der Waals surface area contributed by atoms with Crippen LogP contribution in [-0.2, 0) is 13.2 Å². The van der Waals surface area contributed by atoms with Gasteiger partial charge in [0.25, 0.3) is 0 Å². The molecule has 2 aromatic rings. The highest BCUT2D eigenvalue weighted by atomic mass is 79.9. The Balaban J connectivity index is 2.25. The van der Waals surface area contributed by atoms with Crippen molar-refractivity contribution in [1.29, 1.82) is 0 Å². The van der Waals surface area contributed by atoms with Crippen LogP contribution in [0.15, 0.2) is 34.8 Å². The summed E-state index contributed by atoms with van der Waals surface area (Å²) in [5.41, 5.74) is 6.58. The third-order valence-corrected chi connectivity index (χ3v) is 3.49. The van der Waals surface area contributed by atoms with Gasteiger partial charge in [0.2, 0.25) is 0 Å². The molecule has 0 amide bonds. The van der Waals surface area contributed by atoms with Crippen LogP contribution in [0.3, 0.4) is 0 Å². The Kier molecular flexibility index (Phi) is 5.14. The van der Waals surface area contributed by atoms with Crippen molar-refractivity contribution in [3.05, 3.63) is 57.6 Å². The maximum absolute atomic E-state index is 13.6. The second-order valence-electron chi connectivity index (χ2n) is 4.34. The zero-order valence-corrected chi connectivity index (χ0v) is 12.9. The van der Waals surface area contributed by atoms with E-state index < -0.39 is 11.6 Å². The molecule has 0 atom stereocenters. The number of hydrogen-bond donors (Lipinski definition) is 1. The Bertz CT molecular complexity index is 650. The summed E-state index contributed by atoms with van der Waals surface area (Å²) in [5, 5.41) is 0. The number of hydrogen-bond acceptors (Lipinski definition) is 3. The van der Waals surface area contributed by atoms with Crippen molar-refractivity contribution < 1.29 is 18.3 Å². The third-order valence-electron chi connectivity index (χ3n) is 2.90. The number of methoxy groups -OCH3 is 1. The van der Waals surface area contributed by atoms with Crippen LogP contribution >= 0.6 is 15.9 Å². The van der Waals surface area contributed by atoms with Gasteiger partial charge in [-0.1, -0.05) is 0 Å². The summed E-state index contributed by atoms with van der Waals surface area (Å²) in [6, 6.07) is 6.76. The average molecular weight is 358 g/mol. The van der Waals surface area contributed by atoms with Crippen molar-refractivity contribution in [2.45, 2.75) is 13.2 Å². The first kappa shape index (κ1) is 15.7. The van der Waals surface area contributed by atoms with Crippen LogP contribution in [0.4, 0.5) is 8.78 Å². The van der Waals surface area contributed by atoms with Crippen LogP contribution < -0.4 is 15.2 Å². The highest BCUT2D eigenvalue weighted by Gasteiger charge is 2.13. The number of halogens is 3. The molecule has 6 heteroatoms. The molecule has 0 aliphatic carbocycles. The Morgan fingerprint density at radius 1 is 1.19 bits per heavy atom. The summed E-state index contributed by atoms with van der Waals surface area (Å²) < 4.78 is 38.1. The van der Waals surface area contributed by atoms with Crippen LogP contribution in [0.25, 0.3) is 0 Å². The minimum atomic E-state index is -0.523. The van der Waals surface area contributed by atoms with E-state index in [4.69, 9.17) is 15.2 Å². The van der Waals surface area contributed by atoms with E-state index in [0.29, 0.717) is 22.5 Å². The lowest BCUT2D eigenvalue weighted by molar-refractivity contribution is 0.277. The fourth-order valence-corrected chi connectivity index (χ4v) is 2.44. The molecule has 0 fully saturated rings. The first-order valence-corrected chi connectivity index (χ1v) is 6.97. The summed E-state index contributed by atoms with van der Waals surface area (Å²) in [6.45, 7) is 0.244. The molecule has 2 rings (SSSR count). The highest BCUT2D eigenvalue weighted by Crippen LogP contribution is 2.37. The van der Waals surface area contributed by atoms with Gasteiger partial charge >= 0.3 is 0 Å². The van der Waals surface area contributed by atoms with E-state index in [9.17, 15) is 8.78 Å². The van der Waals surface area contributed by atoms with Gasteiger partial charge in [-0.3, -0.25) is 0 Å². The van der Waals surface area contributed by atoms with E-state index in [2.05, 4.69) is 15.9 Å². The Morgan fingerprint density at radius 2 is 1.95 bits per heavy atom. The Morgan fingerprint density at radius 3 is 2.62 bits per heavy atom. The zero-order valence-electron chi connectivity index (χ0n) is 11.3. The van der Waals surface area contributed by atoms with Crippen molar-refractivity contribution in [3.63, 3.8) is 0 Å². The van der Waals surface area contributed by atoms with Crippen LogP contribution in [0.5, 0.6) is 11.5 Å². The zero-order chi connectivity index (χ0) is 15.4. The lowest BCUT2D eigenvalue weighted by Gasteiger charge is -2.14. The molecule has 0 saturated carbocycles. The van der Waals surface area contributed by atoms with Crippen molar-refractivity contribution in [1.82, 2.24) is 0 Å². The third kappa shape index (κ3) is 3.71. The maximum Gasteiger partial charge on any atom is 0.175 e. The summed E-state index contributed by atoms with van der Waals surface area (Å²) in [4.78, 5) is 0. The number of ether oxygens (including phenoxy) is 2. The van der Waals surface area contributed by atoms with Crippen molar-refractivity contribution in [2.75, 3.05) is 7.11 Å². The second kappa shape index (κ2) is 6.87. The Labute approximate surface area is 129 Å². The smallest absolute Gasteiger partial charge is 0.175 e. The molecule has 3 nitrogen and oxygen atoms in total. The monoisotopic (exact) mass is 357 g/mol. The van der Waals surface area contributed by atoms with Crippen LogP contribution in [0.1, 0.15) is 11.1 Å². The second-order valence-corrected chi connectivity index (χ2v) is 5.19. The lowest BCUT2D eigenvalue weighted by atomic mass is 10.2. The molecule has 0 aliphatic heterocycles. The van der Waals surface area contributed by atoms with Crippen LogP contribution in [0, 0.1) is 11.6 Å². The number of nitrogens with two attached hydrogens (primary N) is 1. The van der Waals surface area contributed by atoms with Gasteiger partial charge in [0.05, 0.1) is 11.6 Å². The van der Waals surface area contributed by atoms with Gasteiger partial charge in [0.1, 0.15) is 18.2 Å². The fraction of sp³-hybridized carbons (Fsp3) is 0.200. The standard InChI is InChI=1S/C15H14BrF2NO2/c1-20-14-5-9(7-19)4-12(16)15(14)21-8-10-6-11(17)2-3-13(10)18/h2-6H,7-8,19H2,1H3. The summed E-state index contributed by atoms with van der Waals surface area (Å²) in [6.07, 6.45) is 0. The van der Waals surface area contributed by atoms with Gasteiger partial charge < -0.3 is 15.2 Å². The largest absolute Gasteiger partial charge is 0.493 e. The lowest BCUT2D eigenvalue weighted by Crippen LogP contribution is -2.03. The molecule has 2 N–H and O–H groups in total. The quantitative estimate of drug-likeness (QED) is 0.885. The molecule has 0 spiro atoms. The first-order valence-electron chi connectivity index (χ1n) is 6.18. The predicted molar refractivity (Wildman–Crippen MR) is 79.3 cm³/mol. The summed E-state index contributed by atoms with van der Waals surface area (Å²) in [5.74, 6) is -0.149. The van der Waals surface area contributed by atoms with Gasteiger partial charge in [-0.15, -0.1) is 0 Å². The maximum atomic E-state index is 13.6.